The third kappa shape index (κ3) is 3.80. The van der Waals surface area contributed by atoms with Gasteiger partial charge in [0.1, 0.15) is 7.05 Å². The maximum Gasteiger partial charge on any atom is 0.209 e. The molecule has 1 atom stereocenters. The zero-order valence-electron chi connectivity index (χ0n) is 21.6. The number of hydrogen-bond donors (Lipinski definition) is 0. The average molecular weight is 440 g/mol. The second kappa shape index (κ2) is 8.48. The minimum Gasteiger partial charge on any atom is -0.347 e. The first-order valence-electron chi connectivity index (χ1n) is 12.2. The molecule has 0 N–H and O–H groups in total. The first kappa shape index (κ1) is 23.3. The predicted octanol–water partition coefficient (Wildman–Crippen LogP) is 7.53. The number of likely N-dealkylation sites (N-methyl/N-ethyl adjacent to an activating group) is 1. The van der Waals surface area contributed by atoms with Gasteiger partial charge < -0.3 is 4.90 Å². The molecule has 2 aromatic carbocycles. The molecule has 2 aromatic rings. The summed E-state index contributed by atoms with van der Waals surface area (Å²) in [6.07, 6.45) is 10.5. The van der Waals surface area contributed by atoms with Gasteiger partial charge in [-0.25, -0.2) is 0 Å². The molecule has 2 heteroatoms. The van der Waals surface area contributed by atoms with Crippen LogP contribution in [-0.2, 0) is 10.8 Å². The highest BCUT2D eigenvalue weighted by Crippen LogP contribution is 2.46. The van der Waals surface area contributed by atoms with Crippen molar-refractivity contribution in [2.45, 2.75) is 58.8 Å². The van der Waals surface area contributed by atoms with Crippen LogP contribution in [-0.4, -0.2) is 24.4 Å². The molecule has 0 radical (unpaired) electrons. The van der Waals surface area contributed by atoms with Crippen molar-refractivity contribution in [2.24, 2.45) is 5.92 Å². The Hall–Kier alpha value is -2.87. The van der Waals surface area contributed by atoms with E-state index in [1.54, 1.807) is 0 Å². The van der Waals surface area contributed by atoms with Gasteiger partial charge in [0.05, 0.1) is 5.41 Å². The van der Waals surface area contributed by atoms with E-state index in [1.165, 1.54) is 39.5 Å². The molecule has 0 saturated carbocycles. The Balaban J connectivity index is 1.71. The predicted molar refractivity (Wildman–Crippen MR) is 143 cm³/mol. The van der Waals surface area contributed by atoms with Crippen LogP contribution in [0.4, 0.5) is 11.4 Å². The Labute approximate surface area is 200 Å². The molecule has 172 valence electrons. The molecule has 2 nitrogen and oxygen atoms in total. The van der Waals surface area contributed by atoms with Crippen molar-refractivity contribution < 1.29 is 4.58 Å². The number of para-hydroxylation sites is 2. The third-order valence-corrected chi connectivity index (χ3v) is 7.93. The van der Waals surface area contributed by atoms with Crippen LogP contribution < -0.4 is 4.90 Å². The second-order valence-corrected chi connectivity index (χ2v) is 10.6. The minimum atomic E-state index is -0.00379. The third-order valence-electron chi connectivity index (χ3n) is 7.93. The SMILES string of the molecule is CCC(C)C(/C=C\C1=[N+](C)c2ccccc2C1(C)C)=C\C=C1\N(C)c2ccccc2C1(C)C. The van der Waals surface area contributed by atoms with E-state index in [0.29, 0.717) is 5.92 Å². The highest BCUT2D eigenvalue weighted by molar-refractivity contribution is 6.03. The topological polar surface area (TPSA) is 6.25 Å². The van der Waals surface area contributed by atoms with Gasteiger partial charge in [0.2, 0.25) is 5.69 Å². The number of nitrogens with zero attached hydrogens (tertiary/aromatic N) is 2. The van der Waals surface area contributed by atoms with Crippen molar-refractivity contribution in [1.29, 1.82) is 0 Å². The monoisotopic (exact) mass is 439 g/mol. The summed E-state index contributed by atoms with van der Waals surface area (Å²) in [5.41, 5.74) is 9.47. The molecule has 0 bridgehead atoms. The van der Waals surface area contributed by atoms with Crippen LogP contribution >= 0.6 is 0 Å². The average Bonchev–Trinajstić information content (AvgIpc) is 3.12. The Morgan fingerprint density at radius 1 is 0.970 bits per heavy atom. The number of hydrogen-bond acceptors (Lipinski definition) is 1. The van der Waals surface area contributed by atoms with Gasteiger partial charge in [0.15, 0.2) is 5.71 Å². The summed E-state index contributed by atoms with van der Waals surface area (Å²) in [5.74, 6) is 0.494. The molecule has 0 amide bonds. The molecule has 4 rings (SSSR count). The van der Waals surface area contributed by atoms with Crippen LogP contribution in [0.15, 0.2) is 84.1 Å². The number of benzene rings is 2. The van der Waals surface area contributed by atoms with Crippen molar-refractivity contribution in [2.75, 3.05) is 19.0 Å². The van der Waals surface area contributed by atoms with Gasteiger partial charge in [0.25, 0.3) is 0 Å². The molecule has 0 saturated heterocycles. The van der Waals surface area contributed by atoms with Gasteiger partial charge >= 0.3 is 0 Å². The van der Waals surface area contributed by atoms with Gasteiger partial charge in [-0.15, -0.1) is 0 Å². The Kier molecular flexibility index (Phi) is 5.99. The molecule has 0 fully saturated rings. The zero-order chi connectivity index (χ0) is 24.0. The molecule has 0 aromatic heterocycles. The first-order valence-corrected chi connectivity index (χ1v) is 12.2. The van der Waals surface area contributed by atoms with Crippen molar-refractivity contribution in [3.8, 4) is 0 Å². The number of anilines is 1. The lowest BCUT2D eigenvalue weighted by Gasteiger charge is -2.24. The van der Waals surface area contributed by atoms with Gasteiger partial charge in [-0.05, 0) is 49.5 Å². The largest absolute Gasteiger partial charge is 0.347 e. The highest BCUT2D eigenvalue weighted by Gasteiger charge is 2.42. The quantitative estimate of drug-likeness (QED) is 0.345. The van der Waals surface area contributed by atoms with Crippen LogP contribution in [0.5, 0.6) is 0 Å². The zero-order valence-corrected chi connectivity index (χ0v) is 21.6. The number of fused-ring (bicyclic) bond motifs is 2. The van der Waals surface area contributed by atoms with Gasteiger partial charge in [-0.1, -0.05) is 76.2 Å². The lowest BCUT2D eigenvalue weighted by molar-refractivity contribution is -0.401. The van der Waals surface area contributed by atoms with Crippen molar-refractivity contribution in [3.63, 3.8) is 0 Å². The summed E-state index contributed by atoms with van der Waals surface area (Å²) in [6, 6.07) is 17.5. The molecular formula is C31H39N2+. The maximum absolute atomic E-state index is 2.35. The summed E-state index contributed by atoms with van der Waals surface area (Å²) in [7, 11) is 4.38. The molecule has 1 unspecified atom stereocenters. The van der Waals surface area contributed by atoms with E-state index in [0.717, 1.165) is 6.42 Å². The summed E-state index contributed by atoms with van der Waals surface area (Å²) in [6.45, 7) is 13.9. The summed E-state index contributed by atoms with van der Waals surface area (Å²) in [5, 5.41) is 0. The smallest absolute Gasteiger partial charge is 0.209 e. The fraction of sp³-hybridized carbons (Fsp3) is 0.387. The lowest BCUT2D eigenvalue weighted by atomic mass is 9.81. The van der Waals surface area contributed by atoms with Crippen molar-refractivity contribution >= 4 is 17.1 Å². The van der Waals surface area contributed by atoms with Gasteiger partial charge in [-0.2, -0.15) is 4.58 Å². The van der Waals surface area contributed by atoms with Gasteiger partial charge in [0, 0.05) is 41.6 Å². The molecule has 2 aliphatic heterocycles. The van der Waals surface area contributed by atoms with E-state index in [9.17, 15) is 0 Å². The van der Waals surface area contributed by atoms with E-state index in [-0.39, 0.29) is 10.8 Å². The van der Waals surface area contributed by atoms with Crippen LogP contribution in [0, 0.1) is 5.92 Å². The molecule has 33 heavy (non-hydrogen) atoms. The summed E-state index contributed by atoms with van der Waals surface area (Å²) < 4.78 is 2.35. The number of allylic oxidation sites excluding steroid dienone is 6. The standard InChI is InChI=1S/C31H39N2/c1-9-22(2)23(18-20-28-30(3,4)24-14-10-12-16-26(24)32(28)7)19-21-29-31(5,6)25-15-11-13-17-27(25)33(29)8/h10-22H,9H2,1-8H3/q+1. The number of rotatable bonds is 5. The second-order valence-electron chi connectivity index (χ2n) is 10.6. The van der Waals surface area contributed by atoms with E-state index in [4.69, 9.17) is 0 Å². The summed E-state index contributed by atoms with van der Waals surface area (Å²) >= 11 is 0. The van der Waals surface area contributed by atoms with Crippen molar-refractivity contribution in [1.82, 2.24) is 0 Å². The minimum absolute atomic E-state index is 0.00379. The molecule has 2 heterocycles. The van der Waals surface area contributed by atoms with Crippen molar-refractivity contribution in [3.05, 3.63) is 95.2 Å². The van der Waals surface area contributed by atoms with Crippen LogP contribution in [0.25, 0.3) is 0 Å². The lowest BCUT2D eigenvalue weighted by Crippen LogP contribution is -2.26. The van der Waals surface area contributed by atoms with Crippen LogP contribution in [0.3, 0.4) is 0 Å². The van der Waals surface area contributed by atoms with E-state index < -0.39 is 0 Å². The highest BCUT2D eigenvalue weighted by atomic mass is 15.2. The fourth-order valence-corrected chi connectivity index (χ4v) is 5.57. The first-order chi connectivity index (χ1) is 15.6. The Bertz CT molecular complexity index is 1190. The van der Waals surface area contributed by atoms with Crippen LogP contribution in [0.2, 0.25) is 0 Å². The summed E-state index contributed by atoms with van der Waals surface area (Å²) in [4.78, 5) is 2.35. The normalized spacial score (nSPS) is 21.2. The Morgan fingerprint density at radius 2 is 1.61 bits per heavy atom. The molecular weight excluding hydrogens is 400 g/mol. The van der Waals surface area contributed by atoms with E-state index in [1.807, 2.05) is 0 Å². The molecule has 2 aliphatic rings. The molecule has 0 spiro atoms. The van der Waals surface area contributed by atoms with E-state index in [2.05, 4.69) is 138 Å². The Morgan fingerprint density at radius 3 is 2.24 bits per heavy atom. The maximum atomic E-state index is 2.35. The van der Waals surface area contributed by atoms with Crippen LogP contribution in [0.1, 0.15) is 59.1 Å². The molecule has 0 aliphatic carbocycles. The fourth-order valence-electron chi connectivity index (χ4n) is 5.57. The van der Waals surface area contributed by atoms with E-state index >= 15 is 0 Å². The van der Waals surface area contributed by atoms with Gasteiger partial charge in [-0.3, -0.25) is 0 Å².